The smallest absolute Gasteiger partial charge is 0.230 e. The summed E-state index contributed by atoms with van der Waals surface area (Å²) >= 11 is 0. The van der Waals surface area contributed by atoms with E-state index >= 15 is 0 Å². The largest absolute Gasteiger partial charge is 0.456 e. The van der Waals surface area contributed by atoms with Gasteiger partial charge in [0.2, 0.25) is 5.91 Å². The number of carbonyl (C=O) groups is 1. The van der Waals surface area contributed by atoms with Gasteiger partial charge in [0.05, 0.1) is 22.7 Å². The van der Waals surface area contributed by atoms with Crippen LogP contribution in [0.2, 0.25) is 0 Å². The Morgan fingerprint density at radius 3 is 2.35 bits per heavy atom. The molecule has 1 unspecified atom stereocenters. The van der Waals surface area contributed by atoms with Crippen LogP contribution in [0.25, 0.3) is 22.3 Å². The van der Waals surface area contributed by atoms with E-state index in [9.17, 15) is 4.79 Å². The fraction of sp³-hybridized carbons (Fsp3) is 0.250. The Kier molecular flexibility index (Phi) is 6.24. The maximum Gasteiger partial charge on any atom is 0.230 e. The highest BCUT2D eigenvalue weighted by molar-refractivity contribution is 5.91. The number of aromatic nitrogens is 1. The zero-order valence-electron chi connectivity index (χ0n) is 22.2. The molecule has 1 N–H and O–H groups in total. The molecule has 5 heteroatoms. The predicted molar refractivity (Wildman–Crippen MR) is 147 cm³/mol. The minimum absolute atomic E-state index is 0.0462. The highest BCUT2D eigenvalue weighted by atomic mass is 16.5. The Hall–Kier alpha value is -4.12. The van der Waals surface area contributed by atoms with Gasteiger partial charge in [0.1, 0.15) is 17.1 Å². The summed E-state index contributed by atoms with van der Waals surface area (Å²) in [5.74, 6) is 1.38. The van der Waals surface area contributed by atoms with Crippen LogP contribution in [0.5, 0.6) is 0 Å². The maximum atomic E-state index is 13.9. The van der Waals surface area contributed by atoms with Crippen molar-refractivity contribution in [1.82, 2.24) is 10.5 Å². The summed E-state index contributed by atoms with van der Waals surface area (Å²) in [5.41, 5.74) is 7.04. The van der Waals surface area contributed by atoms with E-state index in [2.05, 4.69) is 54.7 Å². The number of hydrogen-bond acceptors (Lipinski definition) is 4. The number of fused-ring (bicyclic) bond motifs is 1. The topological polar surface area (TPSA) is 68.3 Å². The van der Waals surface area contributed by atoms with E-state index in [4.69, 9.17) is 8.94 Å². The zero-order chi connectivity index (χ0) is 26.3. The highest BCUT2D eigenvalue weighted by Crippen LogP contribution is 2.35. The van der Waals surface area contributed by atoms with E-state index in [1.165, 1.54) is 5.56 Å². The van der Waals surface area contributed by atoms with Crippen LogP contribution >= 0.6 is 0 Å². The van der Waals surface area contributed by atoms with Gasteiger partial charge in [0.15, 0.2) is 0 Å². The molecule has 0 saturated heterocycles. The van der Waals surface area contributed by atoms with E-state index in [-0.39, 0.29) is 11.9 Å². The lowest BCUT2D eigenvalue weighted by Crippen LogP contribution is -2.42. The minimum Gasteiger partial charge on any atom is -0.456 e. The van der Waals surface area contributed by atoms with Gasteiger partial charge in [-0.1, -0.05) is 65.3 Å². The molecule has 5 rings (SSSR count). The standard InChI is InChI=1S/C32H32N2O3/c1-19-12-14-26(20(2)16-19)30(23-10-8-7-9-11-23)33-31(35)32(5,6)25-13-15-27-24(17-25)18-28(36-27)29-21(3)34-37-22(29)4/h7-18,30H,1-6H3,(H,33,35). The van der Waals surface area contributed by atoms with Crippen molar-refractivity contribution in [3.63, 3.8) is 0 Å². The van der Waals surface area contributed by atoms with Crippen LogP contribution in [-0.2, 0) is 10.2 Å². The number of aryl methyl sites for hydroxylation is 4. The highest BCUT2D eigenvalue weighted by Gasteiger charge is 2.33. The normalized spacial score (nSPS) is 12.6. The van der Waals surface area contributed by atoms with Crippen LogP contribution in [0.3, 0.4) is 0 Å². The summed E-state index contributed by atoms with van der Waals surface area (Å²) in [6.45, 7) is 11.9. The van der Waals surface area contributed by atoms with Crippen molar-refractivity contribution >= 4 is 16.9 Å². The van der Waals surface area contributed by atoms with Gasteiger partial charge in [0.25, 0.3) is 0 Å². The molecule has 5 aromatic rings. The fourth-order valence-corrected chi connectivity index (χ4v) is 4.97. The molecule has 5 nitrogen and oxygen atoms in total. The van der Waals surface area contributed by atoms with Crippen molar-refractivity contribution in [2.24, 2.45) is 0 Å². The van der Waals surface area contributed by atoms with Crippen LogP contribution in [0.15, 0.2) is 81.7 Å². The third-order valence-electron chi connectivity index (χ3n) is 7.23. The fourth-order valence-electron chi connectivity index (χ4n) is 4.97. The van der Waals surface area contributed by atoms with Crippen molar-refractivity contribution in [1.29, 1.82) is 0 Å². The van der Waals surface area contributed by atoms with E-state index in [1.54, 1.807) is 0 Å². The third-order valence-corrected chi connectivity index (χ3v) is 7.23. The first-order chi connectivity index (χ1) is 17.6. The zero-order valence-corrected chi connectivity index (χ0v) is 22.2. The summed E-state index contributed by atoms with van der Waals surface area (Å²) < 4.78 is 11.4. The minimum atomic E-state index is -0.777. The third kappa shape index (κ3) is 4.57. The number of carbonyl (C=O) groups excluding carboxylic acids is 1. The number of rotatable bonds is 6. The van der Waals surface area contributed by atoms with Crippen LogP contribution < -0.4 is 5.32 Å². The molecular weight excluding hydrogens is 460 g/mol. The molecule has 2 heterocycles. The Labute approximate surface area is 217 Å². The Balaban J connectivity index is 1.49. The lowest BCUT2D eigenvalue weighted by molar-refractivity contribution is -0.126. The van der Waals surface area contributed by atoms with Crippen molar-refractivity contribution in [3.05, 3.63) is 112 Å². The van der Waals surface area contributed by atoms with Crippen molar-refractivity contribution in [2.45, 2.75) is 53.0 Å². The van der Waals surface area contributed by atoms with Crippen molar-refractivity contribution in [3.8, 4) is 11.3 Å². The molecule has 0 aliphatic carbocycles. The number of nitrogens with zero attached hydrogens (tertiary/aromatic N) is 1. The van der Waals surface area contributed by atoms with Gasteiger partial charge >= 0.3 is 0 Å². The lowest BCUT2D eigenvalue weighted by atomic mass is 9.82. The molecule has 0 aliphatic rings. The molecule has 0 aliphatic heterocycles. The number of furan rings is 1. The van der Waals surface area contributed by atoms with Crippen LogP contribution in [-0.4, -0.2) is 11.1 Å². The van der Waals surface area contributed by atoms with Crippen molar-refractivity contribution in [2.75, 3.05) is 0 Å². The average Bonchev–Trinajstić information content (AvgIpc) is 3.44. The second kappa shape index (κ2) is 9.40. The van der Waals surface area contributed by atoms with Gasteiger partial charge in [-0.05, 0) is 82.0 Å². The molecule has 0 bridgehead atoms. The molecule has 1 atom stereocenters. The first-order valence-corrected chi connectivity index (χ1v) is 12.6. The molecule has 2 aromatic heterocycles. The average molecular weight is 493 g/mol. The molecule has 188 valence electrons. The van der Waals surface area contributed by atoms with Gasteiger partial charge in [-0.25, -0.2) is 0 Å². The van der Waals surface area contributed by atoms with Crippen LogP contribution in [0.1, 0.15) is 59.2 Å². The number of nitrogens with one attached hydrogen (secondary N) is 1. The molecule has 0 saturated carbocycles. The Morgan fingerprint density at radius 2 is 1.68 bits per heavy atom. The quantitative estimate of drug-likeness (QED) is 0.266. The van der Waals surface area contributed by atoms with Crippen LogP contribution in [0, 0.1) is 27.7 Å². The maximum absolute atomic E-state index is 13.9. The van der Waals surface area contributed by atoms with E-state index in [0.717, 1.165) is 50.2 Å². The summed E-state index contributed by atoms with van der Waals surface area (Å²) in [7, 11) is 0. The second-order valence-electron chi connectivity index (χ2n) is 10.4. The molecule has 0 fully saturated rings. The number of benzene rings is 3. The van der Waals surface area contributed by atoms with Gasteiger partial charge in [-0.15, -0.1) is 0 Å². The summed E-state index contributed by atoms with van der Waals surface area (Å²) in [5, 5.41) is 8.33. The molecule has 1 amide bonds. The Morgan fingerprint density at radius 1 is 0.919 bits per heavy atom. The summed E-state index contributed by atoms with van der Waals surface area (Å²) in [6, 6.07) is 24.2. The summed E-state index contributed by atoms with van der Waals surface area (Å²) in [6.07, 6.45) is 0. The van der Waals surface area contributed by atoms with Gasteiger partial charge in [0, 0.05) is 5.39 Å². The number of hydrogen-bond donors (Lipinski definition) is 1. The molecule has 0 spiro atoms. The first-order valence-electron chi connectivity index (χ1n) is 12.6. The first kappa shape index (κ1) is 24.6. The summed E-state index contributed by atoms with van der Waals surface area (Å²) in [4.78, 5) is 13.9. The van der Waals surface area contributed by atoms with E-state index < -0.39 is 5.41 Å². The van der Waals surface area contributed by atoms with E-state index in [0.29, 0.717) is 5.76 Å². The van der Waals surface area contributed by atoms with Gasteiger partial charge < -0.3 is 14.3 Å². The predicted octanol–water partition coefficient (Wildman–Crippen LogP) is 7.50. The lowest BCUT2D eigenvalue weighted by Gasteiger charge is -2.29. The second-order valence-corrected chi connectivity index (χ2v) is 10.4. The molecular formula is C32H32N2O3. The molecule has 3 aromatic carbocycles. The van der Waals surface area contributed by atoms with Crippen molar-refractivity contribution < 1.29 is 13.7 Å². The monoisotopic (exact) mass is 492 g/mol. The molecule has 37 heavy (non-hydrogen) atoms. The SMILES string of the molecule is Cc1ccc(C(NC(=O)C(C)(C)c2ccc3oc(-c4c(C)noc4C)cc3c2)c2ccccc2)c(C)c1. The molecule has 0 radical (unpaired) electrons. The van der Waals surface area contributed by atoms with Gasteiger partial charge in [-0.3, -0.25) is 4.79 Å². The van der Waals surface area contributed by atoms with E-state index in [1.807, 2.05) is 70.2 Å². The van der Waals surface area contributed by atoms with Crippen LogP contribution in [0.4, 0.5) is 0 Å². The Bertz CT molecular complexity index is 1570. The number of amides is 1. The van der Waals surface area contributed by atoms with Gasteiger partial charge in [-0.2, -0.15) is 0 Å².